The highest BCUT2D eigenvalue weighted by Gasteiger charge is 2.25. The van der Waals surface area contributed by atoms with E-state index in [9.17, 15) is 4.39 Å². The van der Waals surface area contributed by atoms with Gasteiger partial charge in [-0.05, 0) is 55.5 Å². The molecule has 0 radical (unpaired) electrons. The third-order valence-corrected chi connectivity index (χ3v) is 5.17. The Balaban J connectivity index is 1.81. The summed E-state index contributed by atoms with van der Waals surface area (Å²) in [5.74, 6) is -0.241. The monoisotopic (exact) mass is 347 g/mol. The van der Waals surface area contributed by atoms with E-state index in [-0.39, 0.29) is 5.82 Å². The van der Waals surface area contributed by atoms with Crippen LogP contribution in [0.15, 0.2) is 42.7 Å². The molecule has 0 amide bonds. The van der Waals surface area contributed by atoms with Gasteiger partial charge in [-0.15, -0.1) is 0 Å². The van der Waals surface area contributed by atoms with Gasteiger partial charge in [0, 0.05) is 48.2 Å². The Hall–Kier alpha value is -1.49. The maximum atomic E-state index is 14.2. The van der Waals surface area contributed by atoms with Gasteiger partial charge in [0.25, 0.3) is 0 Å². The van der Waals surface area contributed by atoms with Crippen LogP contribution in [0.2, 0.25) is 5.02 Å². The van der Waals surface area contributed by atoms with E-state index in [1.54, 1.807) is 24.5 Å². The van der Waals surface area contributed by atoms with Gasteiger partial charge < -0.3 is 5.73 Å². The number of nitrogens with two attached hydrogens (primary N) is 1. The van der Waals surface area contributed by atoms with Gasteiger partial charge in [0.15, 0.2) is 0 Å². The smallest absolute Gasteiger partial charge is 0.129 e. The molecule has 0 unspecified atom stereocenters. The fourth-order valence-corrected chi connectivity index (χ4v) is 3.61. The SMILES string of the molecule is NC1CCC(N(Cc2ccncc2)Cc2c(F)cccc2Cl)CC1. The lowest BCUT2D eigenvalue weighted by Crippen LogP contribution is -2.40. The minimum Gasteiger partial charge on any atom is -0.328 e. The number of nitrogens with zero attached hydrogens (tertiary/aromatic N) is 2. The quantitative estimate of drug-likeness (QED) is 0.883. The van der Waals surface area contributed by atoms with E-state index in [4.69, 9.17) is 17.3 Å². The van der Waals surface area contributed by atoms with Gasteiger partial charge in [-0.3, -0.25) is 9.88 Å². The molecule has 3 rings (SSSR count). The van der Waals surface area contributed by atoms with E-state index >= 15 is 0 Å². The molecular weight excluding hydrogens is 325 g/mol. The number of hydrogen-bond acceptors (Lipinski definition) is 3. The molecule has 0 atom stereocenters. The Morgan fingerprint density at radius 2 is 1.79 bits per heavy atom. The molecule has 1 saturated carbocycles. The summed E-state index contributed by atoms with van der Waals surface area (Å²) in [6.07, 6.45) is 7.70. The summed E-state index contributed by atoms with van der Waals surface area (Å²) in [5.41, 5.74) is 7.79. The van der Waals surface area contributed by atoms with Crippen LogP contribution in [0.4, 0.5) is 4.39 Å². The predicted molar refractivity (Wildman–Crippen MR) is 95.1 cm³/mol. The second kappa shape index (κ2) is 8.06. The molecule has 1 aliphatic carbocycles. The van der Waals surface area contributed by atoms with Gasteiger partial charge in [-0.25, -0.2) is 4.39 Å². The summed E-state index contributed by atoms with van der Waals surface area (Å²) in [6.45, 7) is 1.26. The van der Waals surface area contributed by atoms with Crippen molar-refractivity contribution in [2.45, 2.75) is 50.9 Å². The van der Waals surface area contributed by atoms with E-state index in [2.05, 4.69) is 9.88 Å². The van der Waals surface area contributed by atoms with Crippen molar-refractivity contribution in [2.24, 2.45) is 5.73 Å². The average Bonchev–Trinajstić information content (AvgIpc) is 2.59. The number of pyridine rings is 1. The zero-order chi connectivity index (χ0) is 16.9. The highest BCUT2D eigenvalue weighted by Crippen LogP contribution is 2.28. The van der Waals surface area contributed by atoms with Crippen LogP contribution in [0.1, 0.15) is 36.8 Å². The number of halogens is 2. The van der Waals surface area contributed by atoms with Crippen LogP contribution < -0.4 is 5.73 Å². The molecule has 2 aromatic rings. The average molecular weight is 348 g/mol. The number of rotatable bonds is 5. The molecular formula is C19H23ClFN3. The molecule has 1 aliphatic rings. The Morgan fingerprint density at radius 3 is 2.46 bits per heavy atom. The first-order valence-electron chi connectivity index (χ1n) is 8.45. The van der Waals surface area contributed by atoms with Crippen LogP contribution in [-0.4, -0.2) is 22.0 Å². The fourth-order valence-electron chi connectivity index (χ4n) is 3.39. The third kappa shape index (κ3) is 4.32. The van der Waals surface area contributed by atoms with Gasteiger partial charge in [0.1, 0.15) is 5.82 Å². The molecule has 0 saturated heterocycles. The first-order chi connectivity index (χ1) is 11.6. The van der Waals surface area contributed by atoms with Crippen molar-refractivity contribution < 1.29 is 4.39 Å². The van der Waals surface area contributed by atoms with Crippen LogP contribution in [0.25, 0.3) is 0 Å². The van der Waals surface area contributed by atoms with E-state index < -0.39 is 0 Å². The van der Waals surface area contributed by atoms with Crippen LogP contribution in [0.3, 0.4) is 0 Å². The molecule has 0 spiro atoms. The minimum atomic E-state index is -0.241. The summed E-state index contributed by atoms with van der Waals surface area (Å²) in [7, 11) is 0. The molecule has 3 nitrogen and oxygen atoms in total. The first-order valence-corrected chi connectivity index (χ1v) is 8.82. The number of hydrogen-bond donors (Lipinski definition) is 1. The molecule has 1 fully saturated rings. The second-order valence-electron chi connectivity index (χ2n) is 6.53. The van der Waals surface area contributed by atoms with Crippen LogP contribution >= 0.6 is 11.6 Å². The molecule has 128 valence electrons. The Labute approximate surface area is 147 Å². The number of aromatic nitrogens is 1. The second-order valence-corrected chi connectivity index (χ2v) is 6.94. The lowest BCUT2D eigenvalue weighted by molar-refractivity contribution is 0.132. The standard InChI is InChI=1S/C19H23ClFN3/c20-18-2-1-3-19(21)17(18)13-24(12-14-8-10-23-11-9-14)16-6-4-15(22)5-7-16/h1-3,8-11,15-16H,4-7,12-13,22H2. The molecule has 2 N–H and O–H groups in total. The van der Waals surface area contributed by atoms with Crippen molar-refractivity contribution >= 4 is 11.6 Å². The van der Waals surface area contributed by atoms with Crippen molar-refractivity contribution in [3.8, 4) is 0 Å². The van der Waals surface area contributed by atoms with E-state index in [0.717, 1.165) is 32.2 Å². The first kappa shape index (κ1) is 17.3. The van der Waals surface area contributed by atoms with Crippen molar-refractivity contribution in [3.05, 3.63) is 64.7 Å². The molecule has 0 bridgehead atoms. The Bertz CT molecular complexity index is 637. The molecule has 0 aliphatic heterocycles. The van der Waals surface area contributed by atoms with Crippen LogP contribution in [-0.2, 0) is 13.1 Å². The van der Waals surface area contributed by atoms with Gasteiger partial charge in [0.2, 0.25) is 0 Å². The molecule has 1 heterocycles. The van der Waals surface area contributed by atoms with Crippen molar-refractivity contribution in [1.82, 2.24) is 9.88 Å². The van der Waals surface area contributed by atoms with Crippen molar-refractivity contribution in [2.75, 3.05) is 0 Å². The zero-order valence-electron chi connectivity index (χ0n) is 13.7. The van der Waals surface area contributed by atoms with Gasteiger partial charge >= 0.3 is 0 Å². The Kier molecular flexibility index (Phi) is 5.82. The highest BCUT2D eigenvalue weighted by molar-refractivity contribution is 6.31. The van der Waals surface area contributed by atoms with Gasteiger partial charge in [-0.1, -0.05) is 17.7 Å². The lowest BCUT2D eigenvalue weighted by atomic mass is 9.90. The molecule has 1 aromatic carbocycles. The summed E-state index contributed by atoms with van der Waals surface area (Å²) in [4.78, 5) is 6.40. The Morgan fingerprint density at radius 1 is 1.08 bits per heavy atom. The fraction of sp³-hybridized carbons (Fsp3) is 0.421. The van der Waals surface area contributed by atoms with Gasteiger partial charge in [-0.2, -0.15) is 0 Å². The number of benzene rings is 1. The minimum absolute atomic E-state index is 0.241. The summed E-state index contributed by atoms with van der Waals surface area (Å²) in [5, 5.41) is 0.488. The maximum absolute atomic E-state index is 14.2. The largest absolute Gasteiger partial charge is 0.328 e. The molecule has 1 aromatic heterocycles. The van der Waals surface area contributed by atoms with Crippen LogP contribution in [0, 0.1) is 5.82 Å². The summed E-state index contributed by atoms with van der Waals surface area (Å²) >= 11 is 6.24. The van der Waals surface area contributed by atoms with E-state index in [1.165, 1.54) is 11.6 Å². The van der Waals surface area contributed by atoms with Crippen LogP contribution in [0.5, 0.6) is 0 Å². The predicted octanol–water partition coefficient (Wildman–Crippen LogP) is 4.15. The normalized spacial score (nSPS) is 21.2. The van der Waals surface area contributed by atoms with Crippen molar-refractivity contribution in [3.63, 3.8) is 0 Å². The molecule has 24 heavy (non-hydrogen) atoms. The summed E-state index contributed by atoms with van der Waals surface area (Å²) in [6, 6.07) is 9.57. The van der Waals surface area contributed by atoms with Crippen molar-refractivity contribution in [1.29, 1.82) is 0 Å². The molecule has 5 heteroatoms. The topological polar surface area (TPSA) is 42.1 Å². The zero-order valence-corrected chi connectivity index (χ0v) is 14.4. The summed E-state index contributed by atoms with van der Waals surface area (Å²) < 4.78 is 14.2. The van der Waals surface area contributed by atoms with Gasteiger partial charge in [0.05, 0.1) is 0 Å². The highest BCUT2D eigenvalue weighted by atomic mass is 35.5. The maximum Gasteiger partial charge on any atom is 0.129 e. The lowest BCUT2D eigenvalue weighted by Gasteiger charge is -2.36. The third-order valence-electron chi connectivity index (χ3n) is 4.82. The van der Waals surface area contributed by atoms with E-state index in [0.29, 0.717) is 29.2 Å². The van der Waals surface area contributed by atoms with E-state index in [1.807, 2.05) is 12.1 Å².